The van der Waals surface area contributed by atoms with E-state index in [0.717, 1.165) is 68.3 Å². The van der Waals surface area contributed by atoms with Crippen molar-refractivity contribution in [2.24, 2.45) is 11.8 Å². The van der Waals surface area contributed by atoms with Crippen LogP contribution >= 0.6 is 0 Å². The molecule has 8 heteroatoms. The summed E-state index contributed by atoms with van der Waals surface area (Å²) in [6.07, 6.45) is 11.8. The number of alkyl halides is 1. The third-order valence-corrected chi connectivity index (χ3v) is 7.59. The summed E-state index contributed by atoms with van der Waals surface area (Å²) in [6, 6.07) is 7.30. The lowest BCUT2D eigenvalue weighted by molar-refractivity contribution is -0.137. The Labute approximate surface area is 218 Å². The zero-order valence-electron chi connectivity index (χ0n) is 21.6. The van der Waals surface area contributed by atoms with E-state index < -0.39 is 12.1 Å². The number of carboxylic acids is 1. The first-order chi connectivity index (χ1) is 18.0. The molecule has 0 aliphatic carbocycles. The molecule has 1 aromatic carbocycles. The minimum absolute atomic E-state index is 0.162. The summed E-state index contributed by atoms with van der Waals surface area (Å²) in [5.74, 6) is 0.523. The first kappa shape index (κ1) is 26.9. The van der Waals surface area contributed by atoms with Gasteiger partial charge in [-0.25, -0.2) is 4.39 Å². The molecule has 3 aromatic rings. The molecular formula is C29H37FN4O3. The van der Waals surface area contributed by atoms with Crippen molar-refractivity contribution in [1.29, 1.82) is 0 Å². The van der Waals surface area contributed by atoms with Crippen LogP contribution in [0.3, 0.4) is 0 Å². The van der Waals surface area contributed by atoms with Gasteiger partial charge in [0.15, 0.2) is 0 Å². The number of pyridine rings is 1. The molecule has 0 radical (unpaired) electrons. The molecule has 0 spiro atoms. The number of piperidine rings is 1. The Morgan fingerprint density at radius 1 is 1.16 bits per heavy atom. The van der Waals surface area contributed by atoms with Crippen LogP contribution in [-0.2, 0) is 11.2 Å². The van der Waals surface area contributed by atoms with Gasteiger partial charge in [0, 0.05) is 43.1 Å². The van der Waals surface area contributed by atoms with Crippen molar-refractivity contribution in [3.8, 4) is 5.75 Å². The quantitative estimate of drug-likeness (QED) is 0.299. The van der Waals surface area contributed by atoms with E-state index in [2.05, 4.69) is 19.9 Å². The maximum absolute atomic E-state index is 15.5. The monoisotopic (exact) mass is 508 g/mol. The van der Waals surface area contributed by atoms with Crippen molar-refractivity contribution in [2.45, 2.75) is 57.5 Å². The van der Waals surface area contributed by atoms with Gasteiger partial charge in [0.05, 0.1) is 18.3 Å². The van der Waals surface area contributed by atoms with Crippen LogP contribution in [-0.4, -0.2) is 57.7 Å². The molecule has 3 heterocycles. The second-order valence-electron chi connectivity index (χ2n) is 10.0. The molecule has 1 aliphatic rings. The molecule has 4 rings (SSSR count). The lowest BCUT2D eigenvalue weighted by Crippen LogP contribution is -2.41. The minimum atomic E-state index is -1.10. The Hall–Kier alpha value is -3.13. The van der Waals surface area contributed by atoms with Gasteiger partial charge in [-0.15, -0.1) is 0 Å². The molecule has 1 fully saturated rings. The number of methoxy groups -OCH3 is 1. The van der Waals surface area contributed by atoms with Crippen molar-refractivity contribution in [3.63, 3.8) is 0 Å². The van der Waals surface area contributed by atoms with Gasteiger partial charge >= 0.3 is 5.97 Å². The number of aliphatic carboxylic acids is 1. The van der Waals surface area contributed by atoms with E-state index >= 15 is 4.39 Å². The van der Waals surface area contributed by atoms with E-state index in [0.29, 0.717) is 30.1 Å². The smallest absolute Gasteiger partial charge is 0.303 e. The van der Waals surface area contributed by atoms with Crippen molar-refractivity contribution in [3.05, 3.63) is 60.3 Å². The Bertz CT molecular complexity index is 1150. The highest BCUT2D eigenvalue weighted by atomic mass is 19.1. The number of hydrogen-bond donors (Lipinski definition) is 1. The Kier molecular flexibility index (Phi) is 9.77. The van der Waals surface area contributed by atoms with Crippen LogP contribution in [0.4, 0.5) is 4.39 Å². The SMILES string of the molecule is COc1ccc2nccc([C@@H](F)CCC3CCN(CCCCc4cnccn4)CC3CCC(=O)O)c2c1. The first-order valence-corrected chi connectivity index (χ1v) is 13.3. The molecule has 2 unspecified atom stereocenters. The predicted molar refractivity (Wildman–Crippen MR) is 141 cm³/mol. The lowest BCUT2D eigenvalue weighted by Gasteiger charge is -2.39. The highest BCUT2D eigenvalue weighted by Crippen LogP contribution is 2.36. The first-order valence-electron chi connectivity index (χ1n) is 13.3. The van der Waals surface area contributed by atoms with Crippen LogP contribution in [0.1, 0.15) is 62.4 Å². The average molecular weight is 509 g/mol. The van der Waals surface area contributed by atoms with E-state index in [1.54, 1.807) is 31.8 Å². The number of aryl methyl sites for hydroxylation is 1. The molecule has 1 saturated heterocycles. The molecule has 1 aliphatic heterocycles. The zero-order valence-corrected chi connectivity index (χ0v) is 21.6. The fourth-order valence-electron chi connectivity index (χ4n) is 5.54. The number of benzene rings is 1. The van der Waals surface area contributed by atoms with E-state index in [9.17, 15) is 9.90 Å². The van der Waals surface area contributed by atoms with Gasteiger partial charge in [0.25, 0.3) is 0 Å². The standard InChI is InChI=1S/C29H37FN4O3/c1-37-24-7-9-28-26(18-24)25(11-13-33-28)27(30)8-5-21-12-17-34(20-22(21)6-10-29(35)36)16-3-2-4-23-19-31-14-15-32-23/h7,9,11,13-15,18-19,21-22,27H,2-6,8,10,12,16-17,20H2,1H3,(H,35,36)/t21?,22?,27-/m0/s1. The van der Waals surface area contributed by atoms with Crippen molar-refractivity contribution < 1.29 is 19.0 Å². The van der Waals surface area contributed by atoms with E-state index in [-0.39, 0.29) is 12.3 Å². The second-order valence-corrected chi connectivity index (χ2v) is 10.0. The number of rotatable bonds is 13. The normalized spacial score (nSPS) is 19.1. The number of unbranched alkanes of at least 4 members (excludes halogenated alkanes) is 1. The van der Waals surface area contributed by atoms with Crippen LogP contribution in [0.5, 0.6) is 5.75 Å². The maximum atomic E-state index is 15.5. The second kappa shape index (κ2) is 13.4. The summed E-state index contributed by atoms with van der Waals surface area (Å²) in [5.41, 5.74) is 2.42. The van der Waals surface area contributed by atoms with Crippen LogP contribution in [0.25, 0.3) is 10.9 Å². The number of aromatic nitrogens is 3. The number of nitrogens with zero attached hydrogens (tertiary/aromatic N) is 4. The fraction of sp³-hybridized carbons (Fsp3) is 0.517. The summed E-state index contributed by atoms with van der Waals surface area (Å²) in [7, 11) is 1.60. The maximum Gasteiger partial charge on any atom is 0.303 e. The van der Waals surface area contributed by atoms with Gasteiger partial charge in [-0.05, 0) is 99.7 Å². The van der Waals surface area contributed by atoms with Gasteiger partial charge in [-0.3, -0.25) is 19.7 Å². The average Bonchev–Trinajstić information content (AvgIpc) is 2.93. The Balaban J connectivity index is 1.32. The number of ether oxygens (including phenoxy) is 1. The highest BCUT2D eigenvalue weighted by molar-refractivity contribution is 5.83. The topological polar surface area (TPSA) is 88.4 Å². The molecular weight excluding hydrogens is 471 g/mol. The molecule has 198 valence electrons. The zero-order chi connectivity index (χ0) is 26.0. The van der Waals surface area contributed by atoms with Crippen LogP contribution in [0.2, 0.25) is 0 Å². The Morgan fingerprint density at radius 3 is 2.84 bits per heavy atom. The summed E-state index contributed by atoms with van der Waals surface area (Å²) in [5, 5.41) is 10.1. The van der Waals surface area contributed by atoms with Crippen molar-refractivity contribution >= 4 is 16.9 Å². The number of carbonyl (C=O) groups is 1. The molecule has 0 amide bonds. The lowest BCUT2D eigenvalue weighted by atomic mass is 9.79. The minimum Gasteiger partial charge on any atom is -0.497 e. The van der Waals surface area contributed by atoms with Crippen molar-refractivity contribution in [2.75, 3.05) is 26.7 Å². The van der Waals surface area contributed by atoms with Gasteiger partial charge in [-0.2, -0.15) is 0 Å². The van der Waals surface area contributed by atoms with E-state index in [1.807, 2.05) is 24.4 Å². The molecule has 0 saturated carbocycles. The predicted octanol–water partition coefficient (Wildman–Crippen LogP) is 5.65. The van der Waals surface area contributed by atoms with Crippen LogP contribution in [0.15, 0.2) is 49.1 Å². The summed E-state index contributed by atoms with van der Waals surface area (Å²) >= 11 is 0. The van der Waals surface area contributed by atoms with Crippen LogP contribution < -0.4 is 4.74 Å². The number of halogens is 1. The number of hydrogen-bond acceptors (Lipinski definition) is 6. The van der Waals surface area contributed by atoms with Gasteiger partial charge in [0.1, 0.15) is 11.9 Å². The van der Waals surface area contributed by atoms with Gasteiger partial charge in [-0.1, -0.05) is 0 Å². The third-order valence-electron chi connectivity index (χ3n) is 7.59. The van der Waals surface area contributed by atoms with Gasteiger partial charge < -0.3 is 14.7 Å². The summed E-state index contributed by atoms with van der Waals surface area (Å²) < 4.78 is 20.9. The van der Waals surface area contributed by atoms with Gasteiger partial charge in [0.2, 0.25) is 0 Å². The molecule has 1 N–H and O–H groups in total. The fourth-order valence-corrected chi connectivity index (χ4v) is 5.54. The number of fused-ring (bicyclic) bond motifs is 1. The summed E-state index contributed by atoms with van der Waals surface area (Å²) in [6.45, 7) is 2.86. The number of carboxylic acid groups (broad SMARTS) is 1. The highest BCUT2D eigenvalue weighted by Gasteiger charge is 2.30. The molecule has 7 nitrogen and oxygen atoms in total. The number of likely N-dealkylation sites (tertiary alicyclic amines) is 1. The third kappa shape index (κ3) is 7.68. The molecule has 3 atom stereocenters. The van der Waals surface area contributed by atoms with Crippen molar-refractivity contribution in [1.82, 2.24) is 19.9 Å². The molecule has 2 aromatic heterocycles. The van der Waals surface area contributed by atoms with Crippen LogP contribution in [0, 0.1) is 11.8 Å². The largest absolute Gasteiger partial charge is 0.497 e. The summed E-state index contributed by atoms with van der Waals surface area (Å²) in [4.78, 5) is 26.6. The molecule has 37 heavy (non-hydrogen) atoms. The Morgan fingerprint density at radius 2 is 2.05 bits per heavy atom. The van der Waals surface area contributed by atoms with E-state index in [1.165, 1.54) is 0 Å². The molecule has 0 bridgehead atoms. The van der Waals surface area contributed by atoms with E-state index in [4.69, 9.17) is 4.74 Å².